The molecule has 4 aliphatic carbocycles. The fraction of sp³-hybridized carbons (Fsp3) is 0.933. The van der Waals surface area contributed by atoms with Crippen LogP contribution in [0.3, 0.4) is 0 Å². The Kier molecular flexibility index (Phi) is 1.77. The van der Waals surface area contributed by atoms with E-state index >= 15 is 0 Å². The molecule has 2 N–H and O–H groups in total. The van der Waals surface area contributed by atoms with E-state index in [0.29, 0.717) is 5.92 Å². The van der Waals surface area contributed by atoms with Crippen molar-refractivity contribution in [2.75, 3.05) is 0 Å². The predicted molar refractivity (Wildman–Crippen MR) is 65.9 cm³/mol. The Balaban J connectivity index is 1.71. The van der Waals surface area contributed by atoms with E-state index in [4.69, 9.17) is 5.73 Å². The molecule has 0 aromatic carbocycles. The molecule has 4 bridgehead atoms. The Bertz CT molecular complexity index is 392. The zero-order chi connectivity index (χ0) is 11.9. The van der Waals surface area contributed by atoms with Gasteiger partial charge in [0.15, 0.2) is 0 Å². The minimum atomic E-state index is -0.167. The minimum absolute atomic E-state index is 0.0285. The molecule has 0 aliphatic heterocycles. The third kappa shape index (κ3) is 1.02. The summed E-state index contributed by atoms with van der Waals surface area (Å²) in [5, 5.41) is 0. The van der Waals surface area contributed by atoms with Crippen LogP contribution in [0.1, 0.15) is 39.5 Å². The lowest BCUT2D eigenvalue weighted by Crippen LogP contribution is -2.46. The van der Waals surface area contributed by atoms with Crippen LogP contribution in [-0.4, -0.2) is 5.91 Å². The van der Waals surface area contributed by atoms with Crippen LogP contribution < -0.4 is 5.73 Å². The second-order valence-corrected chi connectivity index (χ2v) is 7.62. The van der Waals surface area contributed by atoms with Gasteiger partial charge in [-0.1, -0.05) is 13.8 Å². The Hall–Kier alpha value is -0.530. The van der Waals surface area contributed by atoms with Crippen LogP contribution in [0.5, 0.6) is 0 Å². The minimum Gasteiger partial charge on any atom is -0.369 e. The first-order chi connectivity index (χ1) is 8.02. The third-order valence-corrected chi connectivity index (χ3v) is 7.10. The largest absolute Gasteiger partial charge is 0.369 e. The summed E-state index contributed by atoms with van der Waals surface area (Å²) < 4.78 is 0. The first-order valence-electron chi connectivity index (χ1n) is 7.32. The van der Waals surface area contributed by atoms with Crippen molar-refractivity contribution in [1.82, 2.24) is 0 Å². The van der Waals surface area contributed by atoms with Gasteiger partial charge in [-0.3, -0.25) is 4.79 Å². The highest BCUT2D eigenvalue weighted by molar-refractivity contribution is 5.81. The van der Waals surface area contributed by atoms with Crippen molar-refractivity contribution in [2.24, 2.45) is 52.6 Å². The topological polar surface area (TPSA) is 43.1 Å². The van der Waals surface area contributed by atoms with Crippen LogP contribution in [0.25, 0.3) is 0 Å². The van der Waals surface area contributed by atoms with E-state index in [0.717, 1.165) is 41.9 Å². The molecule has 0 saturated heterocycles. The molecule has 0 heterocycles. The van der Waals surface area contributed by atoms with Gasteiger partial charge >= 0.3 is 0 Å². The van der Waals surface area contributed by atoms with Crippen LogP contribution in [0.15, 0.2) is 0 Å². The van der Waals surface area contributed by atoms with E-state index < -0.39 is 0 Å². The van der Waals surface area contributed by atoms with E-state index in [1.54, 1.807) is 0 Å². The van der Waals surface area contributed by atoms with Gasteiger partial charge in [-0.2, -0.15) is 0 Å². The second-order valence-electron chi connectivity index (χ2n) is 7.62. The molecule has 0 aromatic rings. The Morgan fingerprint density at radius 3 is 2.65 bits per heavy atom. The maximum Gasteiger partial charge on any atom is 0.223 e. The lowest BCUT2D eigenvalue weighted by Gasteiger charge is -2.44. The number of primary amides is 1. The highest BCUT2D eigenvalue weighted by Gasteiger charge is 2.68. The monoisotopic (exact) mass is 233 g/mol. The zero-order valence-electron chi connectivity index (χ0n) is 10.9. The molecule has 4 rings (SSSR count). The van der Waals surface area contributed by atoms with E-state index in [1.807, 2.05) is 0 Å². The molecule has 0 spiro atoms. The van der Waals surface area contributed by atoms with Gasteiger partial charge in [-0.05, 0) is 67.1 Å². The maximum absolute atomic E-state index is 11.8. The lowest BCUT2D eigenvalue weighted by atomic mass is 9.60. The van der Waals surface area contributed by atoms with Crippen molar-refractivity contribution in [3.63, 3.8) is 0 Å². The summed E-state index contributed by atoms with van der Waals surface area (Å²) >= 11 is 0. The fourth-order valence-electron chi connectivity index (χ4n) is 6.57. The quantitative estimate of drug-likeness (QED) is 0.694. The van der Waals surface area contributed by atoms with Crippen molar-refractivity contribution >= 4 is 5.91 Å². The van der Waals surface area contributed by atoms with E-state index in [2.05, 4.69) is 13.8 Å². The summed E-state index contributed by atoms with van der Waals surface area (Å²) in [6.07, 6.45) is 5.26. The summed E-state index contributed by atoms with van der Waals surface area (Å²) in [4.78, 5) is 11.8. The zero-order valence-corrected chi connectivity index (χ0v) is 10.9. The number of hydrogen-bond donors (Lipinski definition) is 1. The second kappa shape index (κ2) is 2.89. The van der Waals surface area contributed by atoms with Crippen LogP contribution in [0, 0.1) is 46.8 Å². The van der Waals surface area contributed by atoms with Crippen LogP contribution in [-0.2, 0) is 4.79 Å². The summed E-state index contributed by atoms with van der Waals surface area (Å²) in [5.74, 6) is 6.08. The lowest BCUT2D eigenvalue weighted by molar-refractivity contribution is -0.132. The molecule has 4 saturated carbocycles. The number of hydrogen-bond acceptors (Lipinski definition) is 1. The molecule has 0 radical (unpaired) electrons. The van der Waals surface area contributed by atoms with Gasteiger partial charge in [-0.15, -0.1) is 0 Å². The normalized spacial score (nSPS) is 63.1. The molecule has 8 unspecified atom stereocenters. The standard InChI is InChI=1S/C15H23NO/c1-7-3-8-4-10(7)12-9-5-11(13(8)12)15(2,6-9)14(16)17/h7-13H,3-6H2,1-2H3,(H2,16,17). The molecule has 1 amide bonds. The first kappa shape index (κ1) is 10.4. The molecule has 94 valence electrons. The van der Waals surface area contributed by atoms with E-state index in [-0.39, 0.29) is 11.3 Å². The van der Waals surface area contributed by atoms with Crippen LogP contribution >= 0.6 is 0 Å². The molecule has 4 fully saturated rings. The first-order valence-corrected chi connectivity index (χ1v) is 7.32. The molecule has 4 aliphatic rings. The van der Waals surface area contributed by atoms with Crippen molar-refractivity contribution < 1.29 is 4.79 Å². The number of nitrogens with two attached hydrogens (primary N) is 1. The average molecular weight is 233 g/mol. The van der Waals surface area contributed by atoms with Gasteiger partial charge in [-0.25, -0.2) is 0 Å². The maximum atomic E-state index is 11.8. The fourth-order valence-corrected chi connectivity index (χ4v) is 6.57. The molecule has 8 atom stereocenters. The van der Waals surface area contributed by atoms with Crippen molar-refractivity contribution in [2.45, 2.75) is 39.5 Å². The average Bonchev–Trinajstić information content (AvgIpc) is 2.92. The molecular formula is C15H23NO. The Labute approximate surface area is 103 Å². The number of carbonyl (C=O) groups excluding carboxylic acids is 1. The highest BCUT2D eigenvalue weighted by Crippen LogP contribution is 2.72. The van der Waals surface area contributed by atoms with Crippen LogP contribution in [0.2, 0.25) is 0 Å². The molecule has 2 heteroatoms. The van der Waals surface area contributed by atoms with Crippen molar-refractivity contribution in [3.05, 3.63) is 0 Å². The molecule has 2 nitrogen and oxygen atoms in total. The summed E-state index contributed by atoms with van der Waals surface area (Å²) in [6, 6.07) is 0. The van der Waals surface area contributed by atoms with E-state index in [1.165, 1.54) is 19.3 Å². The smallest absolute Gasteiger partial charge is 0.223 e. The third-order valence-electron chi connectivity index (χ3n) is 7.10. The summed E-state index contributed by atoms with van der Waals surface area (Å²) in [6.45, 7) is 4.59. The number of fused-ring (bicyclic) bond motifs is 9. The summed E-state index contributed by atoms with van der Waals surface area (Å²) in [5.41, 5.74) is 5.52. The van der Waals surface area contributed by atoms with Gasteiger partial charge in [0.05, 0.1) is 0 Å². The SMILES string of the molecule is CC1CC2CC1C1C3CC(C21)C(C)(C(N)=O)C3. The van der Waals surface area contributed by atoms with Crippen LogP contribution in [0.4, 0.5) is 0 Å². The predicted octanol–water partition coefficient (Wildman–Crippen LogP) is 2.43. The Morgan fingerprint density at radius 2 is 1.94 bits per heavy atom. The number of amides is 1. The summed E-state index contributed by atoms with van der Waals surface area (Å²) in [7, 11) is 0. The van der Waals surface area contributed by atoms with Gasteiger partial charge in [0, 0.05) is 5.41 Å². The number of carbonyl (C=O) groups is 1. The van der Waals surface area contributed by atoms with Gasteiger partial charge in [0.1, 0.15) is 0 Å². The van der Waals surface area contributed by atoms with Gasteiger partial charge in [0.2, 0.25) is 5.91 Å². The van der Waals surface area contributed by atoms with Gasteiger partial charge < -0.3 is 5.73 Å². The van der Waals surface area contributed by atoms with Gasteiger partial charge in [0.25, 0.3) is 0 Å². The number of rotatable bonds is 1. The van der Waals surface area contributed by atoms with Crippen molar-refractivity contribution in [3.8, 4) is 0 Å². The highest BCUT2D eigenvalue weighted by atomic mass is 16.1. The van der Waals surface area contributed by atoms with E-state index in [9.17, 15) is 4.79 Å². The molecular weight excluding hydrogens is 210 g/mol. The Morgan fingerprint density at radius 1 is 1.18 bits per heavy atom. The molecule has 17 heavy (non-hydrogen) atoms. The van der Waals surface area contributed by atoms with Crippen molar-refractivity contribution in [1.29, 1.82) is 0 Å². The molecule has 0 aromatic heterocycles.